The predicted molar refractivity (Wildman–Crippen MR) is 92.3 cm³/mol. The predicted octanol–water partition coefficient (Wildman–Crippen LogP) is 4.45. The van der Waals surface area contributed by atoms with Crippen LogP contribution in [0.1, 0.15) is 67.2 Å². The van der Waals surface area contributed by atoms with Gasteiger partial charge in [-0.1, -0.05) is 37.8 Å². The number of nitrogens with zero attached hydrogens (tertiary/aromatic N) is 1. The molecule has 0 fully saturated rings. The molecule has 0 bridgehead atoms. The third-order valence-corrected chi connectivity index (χ3v) is 3.83. The van der Waals surface area contributed by atoms with Crippen molar-refractivity contribution in [3.8, 4) is 11.8 Å². The maximum Gasteiger partial charge on any atom is 0.206 e. The lowest BCUT2D eigenvalue weighted by atomic mass is 10.1. The summed E-state index contributed by atoms with van der Waals surface area (Å²) in [4.78, 5) is 14.1. The minimum atomic E-state index is 0.0798. The molecule has 2 heteroatoms. The molecule has 0 N–H and O–H groups in total. The maximum absolute atomic E-state index is 11.7. The van der Waals surface area contributed by atoms with Crippen molar-refractivity contribution in [3.05, 3.63) is 11.1 Å². The molecule has 120 valence electrons. The van der Waals surface area contributed by atoms with Crippen LogP contribution in [-0.4, -0.2) is 30.3 Å². The van der Waals surface area contributed by atoms with E-state index in [4.69, 9.17) is 0 Å². The topological polar surface area (TPSA) is 20.3 Å². The first-order valence-electron chi connectivity index (χ1n) is 8.23. The van der Waals surface area contributed by atoms with Crippen LogP contribution in [0.4, 0.5) is 0 Å². The van der Waals surface area contributed by atoms with Crippen LogP contribution in [-0.2, 0) is 4.79 Å². The summed E-state index contributed by atoms with van der Waals surface area (Å²) in [7, 11) is 0. The van der Waals surface area contributed by atoms with Crippen molar-refractivity contribution in [3.63, 3.8) is 0 Å². The van der Waals surface area contributed by atoms with Crippen LogP contribution in [0.5, 0.6) is 0 Å². The molecule has 0 aromatic heterocycles. The van der Waals surface area contributed by atoms with Crippen LogP contribution < -0.4 is 0 Å². The molecule has 0 rings (SSSR count). The first-order valence-corrected chi connectivity index (χ1v) is 8.23. The Morgan fingerprint density at radius 3 is 2.24 bits per heavy atom. The number of allylic oxidation sites excluding steroid dienone is 1. The summed E-state index contributed by atoms with van der Waals surface area (Å²) >= 11 is 0. The number of ketones is 1. The maximum atomic E-state index is 11.7. The largest absolute Gasteiger partial charge is 0.303 e. The zero-order chi connectivity index (χ0) is 16.3. The van der Waals surface area contributed by atoms with Gasteiger partial charge in [0, 0.05) is 25.9 Å². The van der Waals surface area contributed by atoms with E-state index in [9.17, 15) is 4.79 Å². The molecular weight excluding hydrogens is 258 g/mol. The van der Waals surface area contributed by atoms with Crippen molar-refractivity contribution in [1.29, 1.82) is 0 Å². The Labute approximate surface area is 132 Å². The molecule has 0 aliphatic rings. The molecule has 0 aromatic carbocycles. The Hall–Kier alpha value is -1.07. The molecule has 21 heavy (non-hydrogen) atoms. The molecule has 0 aromatic rings. The first kappa shape index (κ1) is 19.9. The van der Waals surface area contributed by atoms with Crippen molar-refractivity contribution in [2.75, 3.05) is 19.6 Å². The van der Waals surface area contributed by atoms with Gasteiger partial charge >= 0.3 is 0 Å². The highest BCUT2D eigenvalue weighted by molar-refractivity contribution is 5.95. The van der Waals surface area contributed by atoms with Crippen molar-refractivity contribution in [1.82, 2.24) is 4.90 Å². The average Bonchev–Trinajstić information content (AvgIpc) is 2.43. The zero-order valence-electron chi connectivity index (χ0n) is 14.9. The van der Waals surface area contributed by atoms with E-state index in [1.807, 2.05) is 0 Å². The van der Waals surface area contributed by atoms with Gasteiger partial charge < -0.3 is 4.90 Å². The molecule has 0 atom stereocenters. The fourth-order valence-corrected chi connectivity index (χ4v) is 1.85. The van der Waals surface area contributed by atoms with E-state index in [-0.39, 0.29) is 5.78 Å². The van der Waals surface area contributed by atoms with Crippen LogP contribution in [0.15, 0.2) is 11.1 Å². The summed E-state index contributed by atoms with van der Waals surface area (Å²) in [6, 6.07) is 0. The monoisotopic (exact) mass is 291 g/mol. The van der Waals surface area contributed by atoms with Crippen LogP contribution in [0.25, 0.3) is 0 Å². The fraction of sp³-hybridized carbons (Fsp3) is 0.737. The Morgan fingerprint density at radius 2 is 1.71 bits per heavy atom. The summed E-state index contributed by atoms with van der Waals surface area (Å²) < 4.78 is 0. The second-order valence-corrected chi connectivity index (χ2v) is 6.37. The van der Waals surface area contributed by atoms with E-state index in [2.05, 4.69) is 58.3 Å². The highest BCUT2D eigenvalue weighted by atomic mass is 16.1. The van der Waals surface area contributed by atoms with Crippen LogP contribution in [0.3, 0.4) is 0 Å². The number of carbonyl (C=O) groups excluding carboxylic acids is 1. The normalized spacial score (nSPS) is 10.5. The molecule has 0 heterocycles. The Balaban J connectivity index is 4.05. The number of hydrogen-bond donors (Lipinski definition) is 0. The third-order valence-electron chi connectivity index (χ3n) is 3.83. The highest BCUT2D eigenvalue weighted by Crippen LogP contribution is 2.08. The van der Waals surface area contributed by atoms with Gasteiger partial charge in [0.05, 0.1) is 0 Å². The van der Waals surface area contributed by atoms with E-state index in [0.29, 0.717) is 12.3 Å². The standard InChI is InChI=1S/C19H33NO/c1-7-20(14-12-18(6)17(4)5)15-13-19(21)11-9-8-10-16(2)3/h16H,7-8,10,12-15H2,1-6H3. The molecule has 2 nitrogen and oxygen atoms in total. The SMILES string of the molecule is CCN(CCC(=O)C#CCCC(C)C)CCC(C)=C(C)C. The number of rotatable bonds is 9. The van der Waals surface area contributed by atoms with Gasteiger partial charge in [-0.05, 0) is 52.0 Å². The summed E-state index contributed by atoms with van der Waals surface area (Å²) in [6.07, 6.45) is 3.55. The number of Topliss-reactive ketones (excluding diaryl/α,β-unsaturated/α-hetero) is 1. The minimum absolute atomic E-state index is 0.0798. The average molecular weight is 291 g/mol. The number of carbonyl (C=O) groups is 1. The molecule has 0 spiro atoms. The zero-order valence-corrected chi connectivity index (χ0v) is 14.9. The summed E-state index contributed by atoms with van der Waals surface area (Å²) in [5.74, 6) is 6.51. The molecular formula is C19H33NO. The quantitative estimate of drug-likeness (QED) is 0.355. The van der Waals surface area contributed by atoms with Crippen molar-refractivity contribution in [2.45, 2.75) is 67.2 Å². The lowest BCUT2D eigenvalue weighted by molar-refractivity contribution is -0.114. The highest BCUT2D eigenvalue weighted by Gasteiger charge is 2.05. The Morgan fingerprint density at radius 1 is 1.10 bits per heavy atom. The van der Waals surface area contributed by atoms with E-state index < -0.39 is 0 Å². The molecule has 0 aliphatic carbocycles. The van der Waals surface area contributed by atoms with E-state index in [1.54, 1.807) is 0 Å². The summed E-state index contributed by atoms with van der Waals surface area (Å²) in [5.41, 5.74) is 2.85. The van der Waals surface area contributed by atoms with Crippen molar-refractivity contribution in [2.24, 2.45) is 5.92 Å². The van der Waals surface area contributed by atoms with Gasteiger partial charge in [-0.15, -0.1) is 0 Å². The van der Waals surface area contributed by atoms with Crippen molar-refractivity contribution < 1.29 is 4.79 Å². The van der Waals surface area contributed by atoms with Crippen LogP contribution in [0, 0.1) is 17.8 Å². The molecule has 0 unspecified atom stereocenters. The van der Waals surface area contributed by atoms with Gasteiger partial charge in [-0.25, -0.2) is 0 Å². The lowest BCUT2D eigenvalue weighted by Crippen LogP contribution is -2.27. The van der Waals surface area contributed by atoms with Crippen LogP contribution in [0.2, 0.25) is 0 Å². The molecule has 0 saturated carbocycles. The van der Waals surface area contributed by atoms with Gasteiger partial charge in [0.1, 0.15) is 0 Å². The fourth-order valence-electron chi connectivity index (χ4n) is 1.85. The van der Waals surface area contributed by atoms with E-state index in [0.717, 1.165) is 38.9 Å². The Bertz CT molecular complexity index is 392. The summed E-state index contributed by atoms with van der Waals surface area (Å²) in [5, 5.41) is 0. The van der Waals surface area contributed by atoms with Gasteiger partial charge in [0.2, 0.25) is 5.78 Å². The Kier molecular flexibility index (Phi) is 11.0. The van der Waals surface area contributed by atoms with Gasteiger partial charge in [-0.3, -0.25) is 4.79 Å². The molecule has 0 radical (unpaired) electrons. The second-order valence-electron chi connectivity index (χ2n) is 6.37. The van der Waals surface area contributed by atoms with Gasteiger partial charge in [0.15, 0.2) is 0 Å². The van der Waals surface area contributed by atoms with Crippen molar-refractivity contribution >= 4 is 5.78 Å². The summed E-state index contributed by atoms with van der Waals surface area (Å²) in [6.45, 7) is 15.8. The molecule has 0 amide bonds. The molecule has 0 saturated heterocycles. The minimum Gasteiger partial charge on any atom is -0.303 e. The first-order chi connectivity index (χ1) is 9.86. The van der Waals surface area contributed by atoms with Crippen LogP contribution >= 0.6 is 0 Å². The lowest BCUT2D eigenvalue weighted by Gasteiger charge is -2.20. The van der Waals surface area contributed by atoms with Gasteiger partial charge in [-0.2, -0.15) is 0 Å². The van der Waals surface area contributed by atoms with Gasteiger partial charge in [0.25, 0.3) is 0 Å². The molecule has 0 aliphatic heterocycles. The van der Waals surface area contributed by atoms with E-state index in [1.165, 1.54) is 11.1 Å². The smallest absolute Gasteiger partial charge is 0.206 e. The van der Waals surface area contributed by atoms with E-state index >= 15 is 0 Å². The second kappa shape index (κ2) is 11.6. The number of hydrogen-bond acceptors (Lipinski definition) is 2. The third kappa shape index (κ3) is 11.3.